The number of hydrogen-bond acceptors (Lipinski definition) is 3. The van der Waals surface area contributed by atoms with E-state index in [0.29, 0.717) is 6.42 Å². The standard InChI is InChI=1S/C14H22N2O2/c1-16(11-12-7-3-2-4-8-12)10-6-5-9-13(15)14(17)18/h2-4,7-8,13H,5-6,9-11,15H2,1H3,(H,17,18). The Bertz CT molecular complexity index is 354. The fraction of sp³-hybridized carbons (Fsp3) is 0.500. The third-order valence-corrected chi connectivity index (χ3v) is 2.92. The number of hydrogen-bond donors (Lipinski definition) is 2. The Hall–Kier alpha value is -1.39. The summed E-state index contributed by atoms with van der Waals surface area (Å²) in [7, 11) is 2.07. The molecular weight excluding hydrogens is 228 g/mol. The third-order valence-electron chi connectivity index (χ3n) is 2.92. The summed E-state index contributed by atoms with van der Waals surface area (Å²) in [6.07, 6.45) is 2.38. The molecule has 0 heterocycles. The van der Waals surface area contributed by atoms with Crippen LogP contribution in [0.1, 0.15) is 24.8 Å². The first kappa shape index (κ1) is 14.7. The Morgan fingerprint density at radius 2 is 2.00 bits per heavy atom. The molecule has 1 rings (SSSR count). The highest BCUT2D eigenvalue weighted by Crippen LogP contribution is 2.05. The largest absolute Gasteiger partial charge is 0.480 e. The molecular formula is C14H22N2O2. The summed E-state index contributed by atoms with van der Waals surface area (Å²) in [5.41, 5.74) is 6.74. The summed E-state index contributed by atoms with van der Waals surface area (Å²) in [6.45, 7) is 1.88. The van der Waals surface area contributed by atoms with Gasteiger partial charge in [0, 0.05) is 6.54 Å². The Labute approximate surface area is 108 Å². The van der Waals surface area contributed by atoms with Crippen LogP contribution in [0.5, 0.6) is 0 Å². The Morgan fingerprint density at radius 1 is 1.33 bits per heavy atom. The maximum Gasteiger partial charge on any atom is 0.320 e. The molecule has 0 aliphatic carbocycles. The minimum absolute atomic E-state index is 0.550. The van der Waals surface area contributed by atoms with Gasteiger partial charge in [0.15, 0.2) is 0 Å². The number of unbranched alkanes of at least 4 members (excludes halogenated alkanes) is 1. The topological polar surface area (TPSA) is 66.6 Å². The van der Waals surface area contributed by atoms with Gasteiger partial charge in [0.2, 0.25) is 0 Å². The average Bonchev–Trinajstić information content (AvgIpc) is 2.35. The van der Waals surface area contributed by atoms with E-state index in [1.165, 1.54) is 5.56 Å². The van der Waals surface area contributed by atoms with Crippen molar-refractivity contribution in [2.45, 2.75) is 31.8 Å². The lowest BCUT2D eigenvalue weighted by atomic mass is 10.1. The molecule has 0 amide bonds. The van der Waals surface area contributed by atoms with Gasteiger partial charge in [-0.2, -0.15) is 0 Å². The first-order valence-corrected chi connectivity index (χ1v) is 6.30. The van der Waals surface area contributed by atoms with Gasteiger partial charge in [0.05, 0.1) is 0 Å². The molecule has 18 heavy (non-hydrogen) atoms. The van der Waals surface area contributed by atoms with Crippen molar-refractivity contribution in [3.05, 3.63) is 35.9 Å². The van der Waals surface area contributed by atoms with Gasteiger partial charge in [0.25, 0.3) is 0 Å². The van der Waals surface area contributed by atoms with Crippen molar-refractivity contribution in [3.63, 3.8) is 0 Å². The predicted octanol–water partition coefficient (Wildman–Crippen LogP) is 1.70. The summed E-state index contributed by atoms with van der Waals surface area (Å²) in [6, 6.07) is 9.58. The molecule has 0 spiro atoms. The van der Waals surface area contributed by atoms with Gasteiger partial charge in [-0.25, -0.2) is 0 Å². The normalized spacial score (nSPS) is 12.6. The molecule has 1 unspecified atom stereocenters. The van der Waals surface area contributed by atoms with Crippen LogP contribution in [-0.4, -0.2) is 35.6 Å². The van der Waals surface area contributed by atoms with Crippen LogP contribution in [0.15, 0.2) is 30.3 Å². The average molecular weight is 250 g/mol. The summed E-state index contributed by atoms with van der Waals surface area (Å²) >= 11 is 0. The van der Waals surface area contributed by atoms with Crippen LogP contribution in [-0.2, 0) is 11.3 Å². The van der Waals surface area contributed by atoms with Crippen molar-refractivity contribution >= 4 is 5.97 Å². The molecule has 0 aromatic heterocycles. The van der Waals surface area contributed by atoms with E-state index >= 15 is 0 Å². The molecule has 0 saturated carbocycles. The number of carboxylic acids is 1. The highest BCUT2D eigenvalue weighted by Gasteiger charge is 2.10. The van der Waals surface area contributed by atoms with Gasteiger partial charge < -0.3 is 15.7 Å². The zero-order chi connectivity index (χ0) is 13.4. The van der Waals surface area contributed by atoms with Gasteiger partial charge in [0.1, 0.15) is 6.04 Å². The second kappa shape index (κ2) is 7.84. The number of rotatable bonds is 8. The molecule has 1 aromatic rings. The lowest BCUT2D eigenvalue weighted by Gasteiger charge is -2.16. The highest BCUT2D eigenvalue weighted by molar-refractivity contribution is 5.72. The van der Waals surface area contributed by atoms with Crippen molar-refractivity contribution in [1.82, 2.24) is 4.90 Å². The van der Waals surface area contributed by atoms with Crippen LogP contribution in [0.4, 0.5) is 0 Å². The minimum atomic E-state index is -0.910. The van der Waals surface area contributed by atoms with E-state index in [9.17, 15) is 4.79 Å². The molecule has 100 valence electrons. The number of carbonyl (C=O) groups is 1. The Balaban J connectivity index is 2.14. The van der Waals surface area contributed by atoms with Gasteiger partial charge >= 0.3 is 5.97 Å². The van der Waals surface area contributed by atoms with Crippen molar-refractivity contribution in [2.24, 2.45) is 5.73 Å². The molecule has 0 fully saturated rings. The predicted molar refractivity (Wildman–Crippen MR) is 72.2 cm³/mol. The van der Waals surface area contributed by atoms with Crippen molar-refractivity contribution in [2.75, 3.05) is 13.6 Å². The van der Waals surface area contributed by atoms with Crippen LogP contribution in [0.2, 0.25) is 0 Å². The fourth-order valence-electron chi connectivity index (χ4n) is 1.84. The molecule has 0 aliphatic rings. The zero-order valence-electron chi connectivity index (χ0n) is 10.9. The summed E-state index contributed by atoms with van der Waals surface area (Å²) in [5, 5.41) is 8.65. The number of nitrogens with zero attached hydrogens (tertiary/aromatic N) is 1. The van der Waals surface area contributed by atoms with Gasteiger partial charge in [-0.15, -0.1) is 0 Å². The smallest absolute Gasteiger partial charge is 0.320 e. The van der Waals surface area contributed by atoms with Crippen LogP contribution in [0.3, 0.4) is 0 Å². The molecule has 1 aromatic carbocycles. The molecule has 4 heteroatoms. The molecule has 0 radical (unpaired) electrons. The number of aliphatic carboxylic acids is 1. The van der Waals surface area contributed by atoms with Crippen molar-refractivity contribution in [1.29, 1.82) is 0 Å². The zero-order valence-corrected chi connectivity index (χ0v) is 10.9. The van der Waals surface area contributed by atoms with E-state index in [2.05, 4.69) is 24.1 Å². The van der Waals surface area contributed by atoms with Crippen LogP contribution >= 0.6 is 0 Å². The SMILES string of the molecule is CN(CCCCC(N)C(=O)O)Cc1ccccc1. The van der Waals surface area contributed by atoms with Crippen LogP contribution < -0.4 is 5.73 Å². The van der Waals surface area contributed by atoms with Crippen molar-refractivity contribution < 1.29 is 9.90 Å². The summed E-state index contributed by atoms with van der Waals surface area (Å²) in [4.78, 5) is 12.8. The van der Waals surface area contributed by atoms with Gasteiger partial charge in [-0.05, 0) is 32.0 Å². The molecule has 3 N–H and O–H groups in total. The molecule has 0 aliphatic heterocycles. The first-order valence-electron chi connectivity index (χ1n) is 6.30. The number of carboxylic acid groups (broad SMARTS) is 1. The van der Waals surface area contributed by atoms with Gasteiger partial charge in [-0.1, -0.05) is 36.8 Å². The first-order chi connectivity index (χ1) is 8.59. The van der Waals surface area contributed by atoms with E-state index in [0.717, 1.165) is 25.9 Å². The Kier molecular flexibility index (Phi) is 6.39. The molecule has 0 bridgehead atoms. The molecule has 0 saturated heterocycles. The summed E-state index contributed by atoms with van der Waals surface area (Å²) in [5.74, 6) is -0.910. The van der Waals surface area contributed by atoms with E-state index in [4.69, 9.17) is 10.8 Å². The molecule has 4 nitrogen and oxygen atoms in total. The lowest BCUT2D eigenvalue weighted by Crippen LogP contribution is -2.30. The second-order valence-electron chi connectivity index (χ2n) is 4.66. The fourth-order valence-corrected chi connectivity index (χ4v) is 1.84. The maximum atomic E-state index is 10.5. The maximum absolute atomic E-state index is 10.5. The number of benzene rings is 1. The van der Waals surface area contributed by atoms with E-state index in [1.807, 2.05) is 18.2 Å². The van der Waals surface area contributed by atoms with E-state index in [1.54, 1.807) is 0 Å². The highest BCUT2D eigenvalue weighted by atomic mass is 16.4. The molecule has 1 atom stereocenters. The third kappa shape index (κ3) is 5.80. The summed E-state index contributed by atoms with van der Waals surface area (Å²) < 4.78 is 0. The van der Waals surface area contributed by atoms with Crippen LogP contribution in [0.25, 0.3) is 0 Å². The van der Waals surface area contributed by atoms with Crippen molar-refractivity contribution in [3.8, 4) is 0 Å². The minimum Gasteiger partial charge on any atom is -0.480 e. The van der Waals surface area contributed by atoms with E-state index in [-0.39, 0.29) is 0 Å². The number of nitrogens with two attached hydrogens (primary N) is 1. The monoisotopic (exact) mass is 250 g/mol. The van der Waals surface area contributed by atoms with E-state index < -0.39 is 12.0 Å². The second-order valence-corrected chi connectivity index (χ2v) is 4.66. The van der Waals surface area contributed by atoms with Crippen LogP contribution in [0, 0.1) is 0 Å². The lowest BCUT2D eigenvalue weighted by molar-refractivity contribution is -0.138. The van der Waals surface area contributed by atoms with Gasteiger partial charge in [-0.3, -0.25) is 4.79 Å². The quantitative estimate of drug-likeness (QED) is 0.689. The Morgan fingerprint density at radius 3 is 2.61 bits per heavy atom.